The summed E-state index contributed by atoms with van der Waals surface area (Å²) in [5.74, 6) is 0. The first-order chi connectivity index (χ1) is 14.6. The smallest absolute Gasteiger partial charge is 0.203 e. The van der Waals surface area contributed by atoms with Gasteiger partial charge in [0.1, 0.15) is 0 Å². The van der Waals surface area contributed by atoms with Crippen molar-refractivity contribution in [1.29, 1.82) is 0 Å². The Kier molecular flexibility index (Phi) is 5.91. The fourth-order valence-corrected chi connectivity index (χ4v) is 3.90. The van der Waals surface area contributed by atoms with Crippen molar-refractivity contribution in [2.24, 2.45) is 5.10 Å². The molecule has 0 fully saturated rings. The van der Waals surface area contributed by atoms with E-state index in [4.69, 9.17) is 0 Å². The minimum Gasteiger partial charge on any atom is -0.310 e. The monoisotopic (exact) mass is 412 g/mol. The topological polar surface area (TPSA) is 40.5 Å². The Morgan fingerprint density at radius 1 is 0.833 bits per heavy atom. The third kappa shape index (κ3) is 4.75. The number of rotatable bonds is 6. The van der Waals surface area contributed by atoms with Crippen molar-refractivity contribution in [2.75, 3.05) is 10.3 Å². The Labute approximate surface area is 181 Å². The maximum Gasteiger partial charge on any atom is 0.203 e. The molecule has 150 valence electrons. The Bertz CT molecular complexity index is 1120. The van der Waals surface area contributed by atoms with Crippen molar-refractivity contribution in [2.45, 2.75) is 20.8 Å². The van der Waals surface area contributed by atoms with Crippen molar-refractivity contribution in [3.8, 4) is 0 Å². The van der Waals surface area contributed by atoms with Crippen molar-refractivity contribution < 1.29 is 0 Å². The summed E-state index contributed by atoms with van der Waals surface area (Å²) in [5, 5.41) is 7.09. The van der Waals surface area contributed by atoms with Crippen molar-refractivity contribution >= 4 is 39.7 Å². The number of aryl methyl sites for hydroxylation is 3. The predicted octanol–water partition coefficient (Wildman–Crippen LogP) is 6.98. The average molecular weight is 413 g/mol. The zero-order valence-corrected chi connectivity index (χ0v) is 18.1. The first-order valence-electron chi connectivity index (χ1n) is 9.83. The van der Waals surface area contributed by atoms with Crippen LogP contribution >= 0.6 is 11.3 Å². The van der Waals surface area contributed by atoms with Crippen molar-refractivity contribution in [3.63, 3.8) is 0 Å². The highest BCUT2D eigenvalue weighted by molar-refractivity contribution is 7.13. The summed E-state index contributed by atoms with van der Waals surface area (Å²) in [5.41, 5.74) is 10.9. The van der Waals surface area contributed by atoms with E-state index >= 15 is 0 Å². The van der Waals surface area contributed by atoms with E-state index in [9.17, 15) is 0 Å². The molecule has 0 aliphatic heterocycles. The molecule has 0 saturated heterocycles. The zero-order valence-electron chi connectivity index (χ0n) is 17.3. The van der Waals surface area contributed by atoms with Crippen LogP contribution in [0.3, 0.4) is 0 Å². The molecule has 1 heterocycles. The van der Waals surface area contributed by atoms with Gasteiger partial charge < -0.3 is 4.90 Å². The minimum absolute atomic E-state index is 0.797. The second-order valence-electron chi connectivity index (χ2n) is 7.27. The van der Waals surface area contributed by atoms with Gasteiger partial charge in [-0.1, -0.05) is 36.4 Å². The lowest BCUT2D eigenvalue weighted by atomic mass is 10.1. The number of hydrazone groups is 1. The highest BCUT2D eigenvalue weighted by Crippen LogP contribution is 2.35. The Balaban J connectivity index is 1.61. The molecule has 0 unspecified atom stereocenters. The van der Waals surface area contributed by atoms with E-state index in [0.29, 0.717) is 0 Å². The van der Waals surface area contributed by atoms with Crippen LogP contribution in [0.25, 0.3) is 0 Å². The van der Waals surface area contributed by atoms with E-state index in [1.54, 1.807) is 11.3 Å². The van der Waals surface area contributed by atoms with Crippen molar-refractivity contribution in [3.05, 3.63) is 101 Å². The second-order valence-corrected chi connectivity index (χ2v) is 8.13. The van der Waals surface area contributed by atoms with Gasteiger partial charge in [0, 0.05) is 22.4 Å². The molecular weight excluding hydrogens is 388 g/mol. The summed E-state index contributed by atoms with van der Waals surface area (Å²) >= 11 is 1.55. The van der Waals surface area contributed by atoms with E-state index in [0.717, 1.165) is 33.5 Å². The van der Waals surface area contributed by atoms with Gasteiger partial charge in [-0.2, -0.15) is 5.10 Å². The molecule has 0 atom stereocenters. The number of aromatic nitrogens is 1. The second kappa shape index (κ2) is 8.93. The first-order valence-corrected chi connectivity index (χ1v) is 10.7. The molecule has 3 aromatic carbocycles. The molecule has 0 saturated carbocycles. The Morgan fingerprint density at radius 3 is 2.00 bits per heavy atom. The van der Waals surface area contributed by atoms with Crippen LogP contribution in [-0.2, 0) is 0 Å². The normalized spacial score (nSPS) is 11.0. The standard InChI is InChI=1S/C25H24N4S/c1-18-6-4-8-23(14-18)29(24-9-5-7-19(2)15-24)22-12-10-21(11-13-22)16-26-28-25-27-20(3)17-30-25/h4-17H,1-3H3,(H,27,28). The number of anilines is 4. The molecule has 1 aromatic heterocycles. The van der Waals surface area contributed by atoms with E-state index in [-0.39, 0.29) is 0 Å². The Hall–Kier alpha value is -3.44. The maximum atomic E-state index is 4.35. The fourth-order valence-electron chi connectivity index (χ4n) is 3.26. The molecule has 0 amide bonds. The van der Waals surface area contributed by atoms with Gasteiger partial charge in [0.2, 0.25) is 5.13 Å². The first kappa shape index (κ1) is 19.9. The summed E-state index contributed by atoms with van der Waals surface area (Å²) < 4.78 is 0. The number of benzene rings is 3. The summed E-state index contributed by atoms with van der Waals surface area (Å²) in [6.45, 7) is 6.21. The zero-order chi connectivity index (χ0) is 20.9. The van der Waals surface area contributed by atoms with E-state index in [2.05, 4.69) is 107 Å². The number of thiazole rings is 1. The SMILES string of the molecule is Cc1cccc(N(c2ccc(C=NNc3nc(C)cs3)cc2)c2cccc(C)c2)c1. The van der Waals surface area contributed by atoms with Crippen LogP contribution < -0.4 is 10.3 Å². The summed E-state index contributed by atoms with van der Waals surface area (Å²) in [4.78, 5) is 6.62. The van der Waals surface area contributed by atoms with Crippen LogP contribution in [-0.4, -0.2) is 11.2 Å². The number of hydrogen-bond acceptors (Lipinski definition) is 5. The van der Waals surface area contributed by atoms with Crippen LogP contribution in [0.1, 0.15) is 22.4 Å². The van der Waals surface area contributed by atoms with Gasteiger partial charge >= 0.3 is 0 Å². The maximum absolute atomic E-state index is 4.35. The summed E-state index contributed by atoms with van der Waals surface area (Å²) in [7, 11) is 0. The highest BCUT2D eigenvalue weighted by atomic mass is 32.1. The van der Waals surface area contributed by atoms with Crippen LogP contribution in [0, 0.1) is 20.8 Å². The van der Waals surface area contributed by atoms with Crippen LogP contribution in [0.2, 0.25) is 0 Å². The van der Waals surface area contributed by atoms with Gasteiger partial charge in [0.05, 0.1) is 11.9 Å². The van der Waals surface area contributed by atoms with Crippen LogP contribution in [0.15, 0.2) is 83.3 Å². The predicted molar refractivity (Wildman–Crippen MR) is 129 cm³/mol. The quantitative estimate of drug-likeness (QED) is 0.274. The molecule has 4 nitrogen and oxygen atoms in total. The lowest BCUT2D eigenvalue weighted by Gasteiger charge is -2.26. The Morgan fingerprint density at radius 2 is 1.47 bits per heavy atom. The van der Waals surface area contributed by atoms with Crippen LogP contribution in [0.4, 0.5) is 22.2 Å². The molecule has 0 radical (unpaired) electrons. The summed E-state index contributed by atoms with van der Waals surface area (Å²) in [6, 6.07) is 25.5. The van der Waals surface area contributed by atoms with E-state index < -0.39 is 0 Å². The largest absolute Gasteiger partial charge is 0.310 e. The lowest BCUT2D eigenvalue weighted by molar-refractivity contribution is 1.22. The molecule has 0 aliphatic carbocycles. The molecule has 5 heteroatoms. The summed E-state index contributed by atoms with van der Waals surface area (Å²) in [6.07, 6.45) is 1.81. The van der Waals surface area contributed by atoms with Crippen LogP contribution in [0.5, 0.6) is 0 Å². The van der Waals surface area contributed by atoms with Gasteiger partial charge in [-0.3, -0.25) is 5.43 Å². The van der Waals surface area contributed by atoms with Gasteiger partial charge in [-0.15, -0.1) is 11.3 Å². The molecule has 4 aromatic rings. The van der Waals surface area contributed by atoms with E-state index in [1.165, 1.54) is 11.1 Å². The molecule has 1 N–H and O–H groups in total. The van der Waals surface area contributed by atoms with Gasteiger partial charge in [0.25, 0.3) is 0 Å². The molecule has 30 heavy (non-hydrogen) atoms. The molecule has 0 aliphatic rings. The molecular formula is C25H24N4S. The van der Waals surface area contributed by atoms with Gasteiger partial charge in [-0.25, -0.2) is 4.98 Å². The number of nitrogens with zero attached hydrogens (tertiary/aromatic N) is 3. The van der Waals surface area contributed by atoms with Crippen molar-refractivity contribution in [1.82, 2.24) is 4.98 Å². The minimum atomic E-state index is 0.797. The fraction of sp³-hybridized carbons (Fsp3) is 0.120. The third-order valence-electron chi connectivity index (χ3n) is 4.66. The highest BCUT2D eigenvalue weighted by Gasteiger charge is 2.12. The number of hydrogen-bond donors (Lipinski definition) is 1. The van der Waals surface area contributed by atoms with Gasteiger partial charge in [0.15, 0.2) is 0 Å². The molecule has 4 rings (SSSR count). The lowest BCUT2D eigenvalue weighted by Crippen LogP contribution is -2.10. The van der Waals surface area contributed by atoms with Gasteiger partial charge in [-0.05, 0) is 73.9 Å². The molecule has 0 bridgehead atoms. The number of nitrogens with one attached hydrogen (secondary N) is 1. The molecule has 0 spiro atoms. The van der Waals surface area contributed by atoms with E-state index in [1.807, 2.05) is 18.5 Å². The average Bonchev–Trinajstić information content (AvgIpc) is 3.15. The third-order valence-corrected chi connectivity index (χ3v) is 5.53.